The van der Waals surface area contributed by atoms with E-state index in [9.17, 15) is 9.59 Å². The van der Waals surface area contributed by atoms with Gasteiger partial charge in [-0.3, -0.25) is 14.6 Å². The molecule has 0 unspecified atom stereocenters. The molecule has 1 aromatic carbocycles. The summed E-state index contributed by atoms with van der Waals surface area (Å²) < 4.78 is 6.34. The Balaban J connectivity index is 1.27. The van der Waals surface area contributed by atoms with Crippen molar-refractivity contribution in [1.82, 2.24) is 15.2 Å². The number of carbonyl (C=O) groups excluding carboxylic acids is 2. The summed E-state index contributed by atoms with van der Waals surface area (Å²) in [5.74, 6) is -0.170. The molecule has 1 atom stereocenters. The van der Waals surface area contributed by atoms with Gasteiger partial charge in [-0.05, 0) is 56.0 Å². The quantitative estimate of drug-likeness (QED) is 0.834. The molecule has 0 radical (unpaired) electrons. The molecule has 2 aromatic rings. The Kier molecular flexibility index (Phi) is 5.83. The lowest BCUT2D eigenvalue weighted by Gasteiger charge is -2.39. The van der Waals surface area contributed by atoms with Crippen LogP contribution in [0.15, 0.2) is 48.7 Å². The predicted octanol–water partition coefficient (Wildman–Crippen LogP) is 3.32. The molecule has 0 saturated carbocycles. The van der Waals surface area contributed by atoms with E-state index in [1.54, 1.807) is 42.6 Å². The van der Waals surface area contributed by atoms with Crippen molar-refractivity contribution in [2.45, 2.75) is 37.4 Å². The summed E-state index contributed by atoms with van der Waals surface area (Å²) in [7, 11) is 0. The number of piperidine rings is 1. The molecule has 3 heterocycles. The SMILES string of the molecule is O=C(NC[C@H]1CCC2(CCN(C(=O)c3ccccn3)CC2)O1)c1cccc(Cl)c1. The first-order chi connectivity index (χ1) is 14.0. The molecule has 2 amide bonds. The monoisotopic (exact) mass is 413 g/mol. The van der Waals surface area contributed by atoms with Crippen LogP contribution in [0.3, 0.4) is 0 Å². The van der Waals surface area contributed by atoms with Crippen molar-refractivity contribution in [1.29, 1.82) is 0 Å². The van der Waals surface area contributed by atoms with Crippen molar-refractivity contribution in [2.75, 3.05) is 19.6 Å². The average molecular weight is 414 g/mol. The van der Waals surface area contributed by atoms with Crippen molar-refractivity contribution in [3.63, 3.8) is 0 Å². The molecule has 1 spiro atoms. The second kappa shape index (κ2) is 8.51. The van der Waals surface area contributed by atoms with E-state index in [0.717, 1.165) is 25.7 Å². The van der Waals surface area contributed by atoms with E-state index < -0.39 is 0 Å². The first-order valence-electron chi connectivity index (χ1n) is 9.97. The number of aromatic nitrogens is 1. The van der Waals surface area contributed by atoms with Gasteiger partial charge < -0.3 is 15.0 Å². The van der Waals surface area contributed by atoms with Crippen LogP contribution in [0.25, 0.3) is 0 Å². The third kappa shape index (κ3) is 4.60. The van der Waals surface area contributed by atoms with E-state index in [4.69, 9.17) is 16.3 Å². The van der Waals surface area contributed by atoms with E-state index in [1.165, 1.54) is 0 Å². The summed E-state index contributed by atoms with van der Waals surface area (Å²) in [5, 5.41) is 3.49. The van der Waals surface area contributed by atoms with E-state index >= 15 is 0 Å². The molecule has 1 aromatic heterocycles. The van der Waals surface area contributed by atoms with E-state index in [2.05, 4.69) is 10.3 Å². The molecule has 0 aliphatic carbocycles. The first-order valence-corrected chi connectivity index (χ1v) is 10.3. The molecular weight excluding hydrogens is 390 g/mol. The molecular formula is C22H24ClN3O3. The highest BCUT2D eigenvalue weighted by molar-refractivity contribution is 6.30. The number of rotatable bonds is 4. The Morgan fingerprint density at radius 3 is 2.72 bits per heavy atom. The number of carbonyl (C=O) groups is 2. The molecule has 2 saturated heterocycles. The fourth-order valence-corrected chi connectivity index (χ4v) is 4.30. The van der Waals surface area contributed by atoms with Gasteiger partial charge in [0.2, 0.25) is 0 Å². The molecule has 7 heteroatoms. The molecule has 2 aliphatic heterocycles. The topological polar surface area (TPSA) is 71.5 Å². The normalized spacial score (nSPS) is 20.6. The maximum absolute atomic E-state index is 12.6. The summed E-state index contributed by atoms with van der Waals surface area (Å²) in [6, 6.07) is 12.3. The van der Waals surface area contributed by atoms with Crippen LogP contribution in [0.1, 0.15) is 46.5 Å². The zero-order valence-corrected chi connectivity index (χ0v) is 16.9. The summed E-state index contributed by atoms with van der Waals surface area (Å²) in [6.07, 6.45) is 5.12. The standard InChI is InChI=1S/C22H24ClN3O3/c23-17-5-3-4-16(14-17)20(27)25-15-18-7-8-22(29-18)9-12-26(13-10-22)21(28)19-6-1-2-11-24-19/h1-6,11,14,18H,7-10,12-13,15H2,(H,25,27)/t18-/m1/s1. The van der Waals surface area contributed by atoms with Gasteiger partial charge in [-0.1, -0.05) is 23.7 Å². The van der Waals surface area contributed by atoms with Gasteiger partial charge in [0.15, 0.2) is 0 Å². The lowest BCUT2D eigenvalue weighted by molar-refractivity contribution is -0.0712. The van der Waals surface area contributed by atoms with Gasteiger partial charge in [-0.15, -0.1) is 0 Å². The number of amides is 2. The third-order valence-electron chi connectivity index (χ3n) is 5.76. The minimum Gasteiger partial charge on any atom is -0.370 e. The van der Waals surface area contributed by atoms with Gasteiger partial charge in [0, 0.05) is 36.4 Å². The van der Waals surface area contributed by atoms with Crippen LogP contribution < -0.4 is 5.32 Å². The number of nitrogens with one attached hydrogen (secondary N) is 1. The second-order valence-electron chi connectivity index (χ2n) is 7.69. The lowest BCUT2D eigenvalue weighted by atomic mass is 9.88. The van der Waals surface area contributed by atoms with Crippen molar-refractivity contribution in [2.24, 2.45) is 0 Å². The fraction of sp³-hybridized carbons (Fsp3) is 0.409. The minimum absolute atomic E-state index is 0.00354. The Bertz CT molecular complexity index is 882. The van der Waals surface area contributed by atoms with Crippen LogP contribution in [-0.2, 0) is 4.74 Å². The highest BCUT2D eigenvalue weighted by Crippen LogP contribution is 2.39. The second-order valence-corrected chi connectivity index (χ2v) is 8.13. The Labute approximate surface area is 175 Å². The average Bonchev–Trinajstić information content (AvgIpc) is 3.15. The first kappa shape index (κ1) is 19.9. The van der Waals surface area contributed by atoms with Crippen LogP contribution in [0, 0.1) is 0 Å². The van der Waals surface area contributed by atoms with Crippen LogP contribution >= 0.6 is 11.6 Å². The van der Waals surface area contributed by atoms with Gasteiger partial charge in [0.1, 0.15) is 5.69 Å². The molecule has 1 N–H and O–H groups in total. The summed E-state index contributed by atoms with van der Waals surface area (Å²) in [4.78, 5) is 30.9. The van der Waals surface area contributed by atoms with E-state index in [0.29, 0.717) is 35.9 Å². The van der Waals surface area contributed by atoms with Crippen molar-refractivity contribution < 1.29 is 14.3 Å². The van der Waals surface area contributed by atoms with Crippen molar-refractivity contribution in [3.05, 3.63) is 64.9 Å². The van der Waals surface area contributed by atoms with Crippen molar-refractivity contribution >= 4 is 23.4 Å². The molecule has 6 nitrogen and oxygen atoms in total. The zero-order valence-electron chi connectivity index (χ0n) is 16.1. The summed E-state index contributed by atoms with van der Waals surface area (Å²) in [5.41, 5.74) is 0.843. The smallest absolute Gasteiger partial charge is 0.272 e. The van der Waals surface area contributed by atoms with Crippen LogP contribution in [0.2, 0.25) is 5.02 Å². The van der Waals surface area contributed by atoms with Crippen LogP contribution in [-0.4, -0.2) is 53.0 Å². The molecule has 152 valence electrons. The number of hydrogen-bond donors (Lipinski definition) is 1. The van der Waals surface area contributed by atoms with E-state index in [-0.39, 0.29) is 23.5 Å². The highest BCUT2D eigenvalue weighted by atomic mass is 35.5. The Morgan fingerprint density at radius 2 is 2.00 bits per heavy atom. The number of ether oxygens (including phenoxy) is 1. The number of likely N-dealkylation sites (tertiary alicyclic amines) is 1. The van der Waals surface area contributed by atoms with Crippen LogP contribution in [0.4, 0.5) is 0 Å². The maximum atomic E-state index is 12.6. The number of hydrogen-bond acceptors (Lipinski definition) is 4. The number of nitrogens with zero attached hydrogens (tertiary/aromatic N) is 2. The van der Waals surface area contributed by atoms with Gasteiger partial charge in [0.25, 0.3) is 11.8 Å². The fourth-order valence-electron chi connectivity index (χ4n) is 4.11. The van der Waals surface area contributed by atoms with Crippen LogP contribution in [0.5, 0.6) is 0 Å². The summed E-state index contributed by atoms with van der Waals surface area (Å²) in [6.45, 7) is 1.80. The van der Waals surface area contributed by atoms with Crippen molar-refractivity contribution in [3.8, 4) is 0 Å². The Hall–Kier alpha value is -2.44. The number of halogens is 1. The molecule has 4 rings (SSSR count). The molecule has 2 aliphatic rings. The van der Waals surface area contributed by atoms with Gasteiger partial charge in [-0.2, -0.15) is 0 Å². The molecule has 2 fully saturated rings. The lowest BCUT2D eigenvalue weighted by Crippen LogP contribution is -2.47. The maximum Gasteiger partial charge on any atom is 0.272 e. The summed E-state index contributed by atoms with van der Waals surface area (Å²) >= 11 is 5.95. The van der Waals surface area contributed by atoms with E-state index in [1.807, 2.05) is 11.0 Å². The van der Waals surface area contributed by atoms with Gasteiger partial charge >= 0.3 is 0 Å². The minimum atomic E-state index is -0.188. The number of pyridine rings is 1. The largest absolute Gasteiger partial charge is 0.370 e. The Morgan fingerprint density at radius 1 is 1.17 bits per heavy atom. The van der Waals surface area contributed by atoms with Gasteiger partial charge in [-0.25, -0.2) is 0 Å². The molecule has 0 bridgehead atoms. The van der Waals surface area contributed by atoms with Gasteiger partial charge in [0.05, 0.1) is 11.7 Å². The highest BCUT2D eigenvalue weighted by Gasteiger charge is 2.43. The zero-order chi connectivity index (χ0) is 20.3. The number of benzene rings is 1. The molecule has 29 heavy (non-hydrogen) atoms. The third-order valence-corrected chi connectivity index (χ3v) is 6.00. The predicted molar refractivity (Wildman–Crippen MR) is 110 cm³/mol.